The minimum Gasteiger partial charge on any atom is -0.462 e. The number of terminal acetylenes is 1. The van der Waals surface area contributed by atoms with Gasteiger partial charge < -0.3 is 4.74 Å². The van der Waals surface area contributed by atoms with Gasteiger partial charge in [-0.15, -0.1) is 12.3 Å². The summed E-state index contributed by atoms with van der Waals surface area (Å²) in [6.45, 7) is 0.414. The summed E-state index contributed by atoms with van der Waals surface area (Å²) in [5.41, 5.74) is 0. The molecule has 0 spiro atoms. The average molecular weight is 183 g/mol. The highest BCUT2D eigenvalue weighted by molar-refractivity contribution is 6.29. The van der Waals surface area contributed by atoms with E-state index in [0.717, 1.165) is 0 Å². The maximum atomic E-state index is 5.59. The topological polar surface area (TPSA) is 35.0 Å². The van der Waals surface area contributed by atoms with Crippen LogP contribution in [0.1, 0.15) is 6.42 Å². The van der Waals surface area contributed by atoms with E-state index in [1.807, 2.05) is 0 Å². The quantitative estimate of drug-likeness (QED) is 0.404. The molecule has 12 heavy (non-hydrogen) atoms. The summed E-state index contributed by atoms with van der Waals surface area (Å²) in [6.07, 6.45) is 7.09. The van der Waals surface area contributed by atoms with Gasteiger partial charge in [0.15, 0.2) is 0 Å². The van der Waals surface area contributed by atoms with Gasteiger partial charge in [0, 0.05) is 12.6 Å². The normalized spacial score (nSPS) is 9.00. The van der Waals surface area contributed by atoms with Crippen LogP contribution in [0.5, 0.6) is 6.01 Å². The van der Waals surface area contributed by atoms with Crippen molar-refractivity contribution in [3.63, 3.8) is 0 Å². The van der Waals surface area contributed by atoms with Crippen LogP contribution >= 0.6 is 11.6 Å². The molecule has 0 amide bonds. The maximum Gasteiger partial charge on any atom is 0.317 e. The van der Waals surface area contributed by atoms with Gasteiger partial charge in [-0.05, 0) is 6.07 Å². The minimum atomic E-state index is 0.262. The lowest BCUT2D eigenvalue weighted by molar-refractivity contribution is 0.301. The van der Waals surface area contributed by atoms with Crippen molar-refractivity contribution in [2.45, 2.75) is 6.42 Å². The van der Waals surface area contributed by atoms with Gasteiger partial charge in [-0.2, -0.15) is 4.98 Å². The number of halogens is 1. The van der Waals surface area contributed by atoms with Gasteiger partial charge >= 0.3 is 6.01 Å². The lowest BCUT2D eigenvalue weighted by atomic mass is 10.5. The highest BCUT2D eigenvalue weighted by atomic mass is 35.5. The van der Waals surface area contributed by atoms with Crippen molar-refractivity contribution in [2.24, 2.45) is 0 Å². The van der Waals surface area contributed by atoms with Crippen LogP contribution in [0, 0.1) is 12.3 Å². The second-order valence-electron chi connectivity index (χ2n) is 1.96. The number of ether oxygens (including phenoxy) is 1. The van der Waals surface area contributed by atoms with Crippen LogP contribution in [0.15, 0.2) is 12.3 Å². The first-order chi connectivity index (χ1) is 5.83. The van der Waals surface area contributed by atoms with Gasteiger partial charge in [0.05, 0.1) is 0 Å². The zero-order valence-corrected chi connectivity index (χ0v) is 7.08. The molecular weight excluding hydrogens is 176 g/mol. The van der Waals surface area contributed by atoms with E-state index in [2.05, 4.69) is 15.9 Å². The van der Waals surface area contributed by atoms with Crippen LogP contribution in [-0.4, -0.2) is 16.6 Å². The Balaban J connectivity index is 2.48. The number of hydrogen-bond acceptors (Lipinski definition) is 3. The summed E-state index contributed by atoms with van der Waals surface area (Å²) < 4.78 is 5.08. The van der Waals surface area contributed by atoms with Crippen molar-refractivity contribution < 1.29 is 4.74 Å². The highest BCUT2D eigenvalue weighted by Crippen LogP contribution is 2.07. The van der Waals surface area contributed by atoms with E-state index in [-0.39, 0.29) is 6.01 Å². The Kier molecular flexibility index (Phi) is 3.36. The first-order valence-electron chi connectivity index (χ1n) is 3.38. The molecule has 0 saturated heterocycles. The molecule has 0 fully saturated rings. The Morgan fingerprint density at radius 3 is 3.17 bits per heavy atom. The number of hydrogen-bond donors (Lipinski definition) is 0. The van der Waals surface area contributed by atoms with Gasteiger partial charge in [0.1, 0.15) is 11.8 Å². The largest absolute Gasteiger partial charge is 0.462 e. The predicted octanol–water partition coefficient (Wildman–Crippen LogP) is 1.53. The van der Waals surface area contributed by atoms with Gasteiger partial charge in [-0.25, -0.2) is 4.98 Å². The molecule has 0 aromatic carbocycles. The molecule has 1 rings (SSSR count). The van der Waals surface area contributed by atoms with Crippen LogP contribution < -0.4 is 4.74 Å². The molecule has 62 valence electrons. The molecule has 0 radical (unpaired) electrons. The third kappa shape index (κ3) is 2.77. The standard InChI is InChI=1S/C8H7ClN2O/c1-2-3-6-12-8-10-5-4-7(9)11-8/h1,4-5H,3,6H2. The zero-order chi connectivity index (χ0) is 8.81. The Hall–Kier alpha value is -1.27. The van der Waals surface area contributed by atoms with E-state index in [1.165, 1.54) is 6.20 Å². The SMILES string of the molecule is C#CCCOc1nccc(Cl)n1. The smallest absolute Gasteiger partial charge is 0.317 e. The van der Waals surface area contributed by atoms with Crippen molar-refractivity contribution >= 4 is 11.6 Å². The fraction of sp³-hybridized carbons (Fsp3) is 0.250. The second-order valence-corrected chi connectivity index (χ2v) is 2.35. The maximum absolute atomic E-state index is 5.59. The molecule has 0 aliphatic heterocycles. The fourth-order valence-corrected chi connectivity index (χ4v) is 0.719. The molecular formula is C8H7ClN2O. The third-order valence-electron chi connectivity index (χ3n) is 1.08. The first kappa shape index (κ1) is 8.82. The summed E-state index contributed by atoms with van der Waals surface area (Å²) in [5, 5.41) is 0.362. The van der Waals surface area contributed by atoms with E-state index < -0.39 is 0 Å². The van der Waals surface area contributed by atoms with E-state index >= 15 is 0 Å². The summed E-state index contributed by atoms with van der Waals surface area (Å²) in [7, 11) is 0. The van der Waals surface area contributed by atoms with E-state index in [1.54, 1.807) is 6.07 Å². The van der Waals surface area contributed by atoms with E-state index in [4.69, 9.17) is 22.8 Å². The number of rotatable bonds is 3. The van der Waals surface area contributed by atoms with Crippen LogP contribution in [0.25, 0.3) is 0 Å². The molecule has 1 aromatic heterocycles. The van der Waals surface area contributed by atoms with Crippen LogP contribution in [-0.2, 0) is 0 Å². The molecule has 0 aliphatic rings. The molecule has 1 aromatic rings. The summed E-state index contributed by atoms with van der Waals surface area (Å²) in [5.74, 6) is 2.44. The van der Waals surface area contributed by atoms with Crippen molar-refractivity contribution in [1.29, 1.82) is 0 Å². The molecule has 0 unspecified atom stereocenters. The summed E-state index contributed by atoms with van der Waals surface area (Å²) in [6, 6.07) is 1.84. The lowest BCUT2D eigenvalue weighted by Gasteiger charge is -1.99. The third-order valence-corrected chi connectivity index (χ3v) is 1.29. The van der Waals surface area contributed by atoms with Gasteiger partial charge in [-0.1, -0.05) is 11.6 Å². The van der Waals surface area contributed by atoms with E-state index in [0.29, 0.717) is 18.2 Å². The molecule has 0 N–H and O–H groups in total. The summed E-state index contributed by atoms with van der Waals surface area (Å²) >= 11 is 5.59. The van der Waals surface area contributed by atoms with Gasteiger partial charge in [-0.3, -0.25) is 0 Å². The number of nitrogens with zero attached hydrogens (tertiary/aromatic N) is 2. The van der Waals surface area contributed by atoms with Crippen molar-refractivity contribution in [1.82, 2.24) is 9.97 Å². The molecule has 1 heterocycles. The second kappa shape index (κ2) is 4.58. The molecule has 3 nitrogen and oxygen atoms in total. The van der Waals surface area contributed by atoms with Crippen molar-refractivity contribution in [2.75, 3.05) is 6.61 Å². The van der Waals surface area contributed by atoms with Crippen molar-refractivity contribution in [3.05, 3.63) is 17.4 Å². The van der Waals surface area contributed by atoms with Gasteiger partial charge in [0.25, 0.3) is 0 Å². The molecule has 0 saturated carbocycles. The zero-order valence-electron chi connectivity index (χ0n) is 6.33. The Bertz CT molecular complexity index is 295. The Labute approximate surface area is 75.7 Å². The lowest BCUT2D eigenvalue weighted by Crippen LogP contribution is -1.99. The molecule has 0 bridgehead atoms. The van der Waals surface area contributed by atoms with Crippen LogP contribution in [0.2, 0.25) is 5.15 Å². The van der Waals surface area contributed by atoms with Crippen molar-refractivity contribution in [3.8, 4) is 18.4 Å². The summed E-state index contributed by atoms with van der Waals surface area (Å²) in [4.78, 5) is 7.63. The number of aromatic nitrogens is 2. The predicted molar refractivity (Wildman–Crippen MR) is 46.0 cm³/mol. The minimum absolute atomic E-state index is 0.262. The van der Waals surface area contributed by atoms with Crippen LogP contribution in [0.4, 0.5) is 0 Å². The molecule has 4 heteroatoms. The molecule has 0 aliphatic carbocycles. The average Bonchev–Trinajstić information content (AvgIpc) is 2.05. The van der Waals surface area contributed by atoms with Crippen LogP contribution in [0.3, 0.4) is 0 Å². The van der Waals surface area contributed by atoms with E-state index in [9.17, 15) is 0 Å². The first-order valence-corrected chi connectivity index (χ1v) is 3.75. The highest BCUT2D eigenvalue weighted by Gasteiger charge is 1.96. The molecule has 0 atom stereocenters. The fourth-order valence-electron chi connectivity index (χ4n) is 0.591. The Morgan fingerprint density at radius 2 is 2.50 bits per heavy atom. The monoisotopic (exact) mass is 182 g/mol. The Morgan fingerprint density at radius 1 is 1.67 bits per heavy atom. The van der Waals surface area contributed by atoms with Gasteiger partial charge in [0.2, 0.25) is 0 Å².